The van der Waals surface area contributed by atoms with Gasteiger partial charge in [0.2, 0.25) is 0 Å². The molecule has 2 amide bonds. The second kappa shape index (κ2) is 6.52. The average Bonchev–Trinajstić information content (AvgIpc) is 2.41. The third-order valence-corrected chi connectivity index (χ3v) is 4.47. The number of nitrogens with zero attached hydrogens (tertiary/aromatic N) is 2. The van der Waals surface area contributed by atoms with Crippen molar-refractivity contribution in [3.05, 3.63) is 24.0 Å². The highest BCUT2D eigenvalue weighted by atomic mass is 19.1. The molecule has 0 aromatic heterocycles. The number of anilines is 1. The number of ether oxygens (including phenoxy) is 1. The summed E-state index contributed by atoms with van der Waals surface area (Å²) in [4.78, 5) is 16.1. The molecule has 0 bridgehead atoms. The Kier molecular flexibility index (Phi) is 4.90. The van der Waals surface area contributed by atoms with E-state index in [9.17, 15) is 9.18 Å². The zero-order valence-electron chi connectivity index (χ0n) is 13.6. The molecule has 0 saturated heterocycles. The Labute approximate surface area is 131 Å². The summed E-state index contributed by atoms with van der Waals surface area (Å²) in [6.07, 6.45) is 3.37. The second-order valence-corrected chi connectivity index (χ2v) is 6.14. The molecule has 0 radical (unpaired) electrons. The maximum Gasteiger partial charge on any atom is 0.321 e. The first-order chi connectivity index (χ1) is 10.4. The highest BCUT2D eigenvalue weighted by molar-refractivity contribution is 5.89. The lowest BCUT2D eigenvalue weighted by atomic mass is 9.75. The molecule has 122 valence electrons. The fourth-order valence-electron chi connectivity index (χ4n) is 2.82. The molecule has 6 heteroatoms. The fourth-order valence-corrected chi connectivity index (χ4v) is 2.82. The number of amides is 2. The fraction of sp³-hybridized carbons (Fsp3) is 0.562. The van der Waals surface area contributed by atoms with Crippen LogP contribution in [0.4, 0.5) is 14.9 Å². The summed E-state index contributed by atoms with van der Waals surface area (Å²) in [6, 6.07) is 3.90. The van der Waals surface area contributed by atoms with Gasteiger partial charge in [0.05, 0.1) is 7.11 Å². The molecule has 0 aliphatic heterocycles. The zero-order chi connectivity index (χ0) is 16.3. The first-order valence-corrected chi connectivity index (χ1v) is 7.40. The molecule has 1 N–H and O–H groups in total. The minimum absolute atomic E-state index is 0.0612. The summed E-state index contributed by atoms with van der Waals surface area (Å²) in [5.41, 5.74) is 0.451. The van der Waals surface area contributed by atoms with E-state index in [1.807, 2.05) is 14.1 Å². The molecular weight excluding hydrogens is 285 g/mol. The first kappa shape index (κ1) is 16.5. The lowest BCUT2D eigenvalue weighted by molar-refractivity contribution is 0.0379. The third kappa shape index (κ3) is 3.50. The summed E-state index contributed by atoms with van der Waals surface area (Å²) in [7, 11) is 7.31. The number of urea groups is 1. The number of nitrogens with one attached hydrogen (secondary N) is 1. The molecule has 5 nitrogen and oxygen atoms in total. The van der Waals surface area contributed by atoms with Crippen LogP contribution in [0.15, 0.2) is 18.2 Å². The largest absolute Gasteiger partial charge is 0.497 e. The highest BCUT2D eigenvalue weighted by Gasteiger charge is 2.40. The van der Waals surface area contributed by atoms with E-state index in [0.717, 1.165) is 12.8 Å². The normalized spacial score (nSPS) is 16.1. The molecule has 0 spiro atoms. The number of benzene rings is 1. The number of carbonyl (C=O) groups excluding carboxylic acids is 1. The number of hydrogen-bond acceptors (Lipinski definition) is 3. The van der Waals surface area contributed by atoms with Crippen molar-refractivity contribution >= 4 is 11.7 Å². The van der Waals surface area contributed by atoms with Crippen molar-refractivity contribution in [2.45, 2.75) is 24.8 Å². The van der Waals surface area contributed by atoms with E-state index in [-0.39, 0.29) is 11.6 Å². The van der Waals surface area contributed by atoms with Crippen molar-refractivity contribution in [1.29, 1.82) is 0 Å². The van der Waals surface area contributed by atoms with Crippen LogP contribution < -0.4 is 10.1 Å². The highest BCUT2D eigenvalue weighted by Crippen LogP contribution is 2.36. The molecule has 22 heavy (non-hydrogen) atoms. The van der Waals surface area contributed by atoms with Crippen molar-refractivity contribution < 1.29 is 13.9 Å². The van der Waals surface area contributed by atoms with Crippen molar-refractivity contribution in [1.82, 2.24) is 9.80 Å². The number of halogens is 1. The first-order valence-electron chi connectivity index (χ1n) is 7.40. The van der Waals surface area contributed by atoms with Crippen molar-refractivity contribution in [3.63, 3.8) is 0 Å². The predicted octanol–water partition coefficient (Wildman–Crippen LogP) is 2.78. The quantitative estimate of drug-likeness (QED) is 0.909. The SMILES string of the molecule is COc1cc(F)cc(NC(=O)N(C)CC2(N(C)C)CCC2)c1. The summed E-state index contributed by atoms with van der Waals surface area (Å²) in [5.74, 6) is -0.0669. The van der Waals surface area contributed by atoms with Crippen LogP contribution in [0.2, 0.25) is 0 Å². The van der Waals surface area contributed by atoms with Gasteiger partial charge in [-0.2, -0.15) is 0 Å². The van der Waals surface area contributed by atoms with Gasteiger partial charge in [-0.05, 0) is 39.4 Å². The van der Waals surface area contributed by atoms with E-state index in [4.69, 9.17) is 4.74 Å². The molecule has 1 fully saturated rings. The Hall–Kier alpha value is -1.82. The molecule has 0 unspecified atom stereocenters. The molecule has 1 aromatic carbocycles. The van der Waals surface area contributed by atoms with E-state index in [2.05, 4.69) is 10.2 Å². The van der Waals surface area contributed by atoms with E-state index in [0.29, 0.717) is 18.0 Å². The van der Waals surface area contributed by atoms with Gasteiger partial charge >= 0.3 is 6.03 Å². The van der Waals surface area contributed by atoms with Crippen molar-refractivity contribution in [2.75, 3.05) is 40.1 Å². The molecule has 1 aliphatic rings. The molecular formula is C16H24FN3O2. The molecule has 1 saturated carbocycles. The zero-order valence-corrected chi connectivity index (χ0v) is 13.6. The van der Waals surface area contributed by atoms with Gasteiger partial charge in [0, 0.05) is 37.0 Å². The Morgan fingerprint density at radius 1 is 1.32 bits per heavy atom. The van der Waals surface area contributed by atoms with Crippen LogP contribution in [-0.2, 0) is 0 Å². The van der Waals surface area contributed by atoms with Crippen LogP contribution in [0.25, 0.3) is 0 Å². The summed E-state index contributed by atoms with van der Waals surface area (Å²) in [5, 5.41) is 2.72. The lowest BCUT2D eigenvalue weighted by Crippen LogP contribution is -2.57. The van der Waals surface area contributed by atoms with Crippen molar-refractivity contribution in [3.8, 4) is 5.75 Å². The maximum absolute atomic E-state index is 13.5. The van der Waals surface area contributed by atoms with Crippen LogP contribution in [0.3, 0.4) is 0 Å². The lowest BCUT2D eigenvalue weighted by Gasteiger charge is -2.49. The molecule has 1 aliphatic carbocycles. The van der Waals surface area contributed by atoms with Gasteiger partial charge in [0.15, 0.2) is 0 Å². The second-order valence-electron chi connectivity index (χ2n) is 6.14. The summed E-state index contributed by atoms with van der Waals surface area (Å²) < 4.78 is 18.5. The standard InChI is InChI=1S/C16H24FN3O2/c1-19(2)16(6-5-7-16)11-20(3)15(21)18-13-8-12(17)9-14(10-13)22-4/h8-10H,5-7,11H2,1-4H3,(H,18,21). The minimum atomic E-state index is -0.443. The number of likely N-dealkylation sites (N-methyl/N-ethyl adjacent to an activating group) is 2. The van der Waals surface area contributed by atoms with Crippen LogP contribution in [-0.4, -0.2) is 56.2 Å². The Balaban J connectivity index is 2.01. The van der Waals surface area contributed by atoms with Crippen molar-refractivity contribution in [2.24, 2.45) is 0 Å². The van der Waals surface area contributed by atoms with E-state index in [1.165, 1.54) is 25.7 Å². The van der Waals surface area contributed by atoms with Gasteiger partial charge in [-0.15, -0.1) is 0 Å². The van der Waals surface area contributed by atoms with Gasteiger partial charge in [-0.1, -0.05) is 0 Å². The monoisotopic (exact) mass is 309 g/mol. The number of methoxy groups -OCH3 is 1. The summed E-state index contributed by atoms with van der Waals surface area (Å²) in [6.45, 7) is 0.651. The predicted molar refractivity (Wildman–Crippen MR) is 84.9 cm³/mol. The van der Waals surface area contributed by atoms with Gasteiger partial charge in [-0.3, -0.25) is 0 Å². The van der Waals surface area contributed by atoms with Crippen LogP contribution in [0.1, 0.15) is 19.3 Å². The van der Waals surface area contributed by atoms with E-state index < -0.39 is 5.82 Å². The molecule has 1 aromatic rings. The molecule has 2 rings (SSSR count). The van der Waals surface area contributed by atoms with Crippen LogP contribution in [0, 0.1) is 5.82 Å². The van der Waals surface area contributed by atoms with E-state index in [1.54, 1.807) is 18.0 Å². The Morgan fingerprint density at radius 3 is 2.50 bits per heavy atom. The molecule has 0 heterocycles. The Bertz CT molecular complexity index is 544. The Morgan fingerprint density at radius 2 is 2.00 bits per heavy atom. The van der Waals surface area contributed by atoms with Gasteiger partial charge in [-0.25, -0.2) is 9.18 Å². The van der Waals surface area contributed by atoms with E-state index >= 15 is 0 Å². The maximum atomic E-state index is 13.5. The van der Waals surface area contributed by atoms with Gasteiger partial charge in [0.1, 0.15) is 11.6 Å². The number of hydrogen-bond donors (Lipinski definition) is 1. The van der Waals surface area contributed by atoms with Gasteiger partial charge < -0.3 is 19.9 Å². The van der Waals surface area contributed by atoms with Crippen LogP contribution in [0.5, 0.6) is 5.75 Å². The minimum Gasteiger partial charge on any atom is -0.497 e. The third-order valence-electron chi connectivity index (χ3n) is 4.47. The smallest absolute Gasteiger partial charge is 0.321 e. The number of rotatable bonds is 5. The molecule has 0 atom stereocenters. The van der Waals surface area contributed by atoms with Gasteiger partial charge in [0.25, 0.3) is 0 Å². The number of carbonyl (C=O) groups is 1. The topological polar surface area (TPSA) is 44.8 Å². The summed E-state index contributed by atoms with van der Waals surface area (Å²) >= 11 is 0. The van der Waals surface area contributed by atoms with Crippen LogP contribution >= 0.6 is 0 Å². The average molecular weight is 309 g/mol.